The summed E-state index contributed by atoms with van der Waals surface area (Å²) in [5.74, 6) is 1.10. The summed E-state index contributed by atoms with van der Waals surface area (Å²) in [5, 5.41) is 0. The summed E-state index contributed by atoms with van der Waals surface area (Å²) in [6, 6.07) is 6.64. The van der Waals surface area contributed by atoms with E-state index in [1.165, 1.54) is 11.1 Å². The Labute approximate surface area is 116 Å². The van der Waals surface area contributed by atoms with E-state index in [-0.39, 0.29) is 5.41 Å². The first-order chi connectivity index (χ1) is 8.79. The van der Waals surface area contributed by atoms with E-state index in [9.17, 15) is 0 Å². The van der Waals surface area contributed by atoms with Gasteiger partial charge in [0.05, 0.1) is 11.0 Å². The van der Waals surface area contributed by atoms with Crippen molar-refractivity contribution in [3.8, 4) is 0 Å². The zero-order chi connectivity index (χ0) is 14.2. The quantitative estimate of drug-likeness (QED) is 0.844. The number of rotatable bonds is 3. The molecule has 2 rings (SSSR count). The Morgan fingerprint density at radius 2 is 1.89 bits per heavy atom. The molecule has 0 unspecified atom stereocenters. The van der Waals surface area contributed by atoms with Gasteiger partial charge in [0.2, 0.25) is 0 Å². The monoisotopic (exact) mass is 259 g/mol. The number of hydrogen-bond donors (Lipinski definition) is 0. The minimum atomic E-state index is 0.179. The third kappa shape index (κ3) is 2.98. The van der Waals surface area contributed by atoms with Crippen LogP contribution in [0.5, 0.6) is 0 Å². The van der Waals surface area contributed by atoms with Gasteiger partial charge in [0.1, 0.15) is 5.82 Å². The molecule has 3 heteroatoms. The second-order valence-corrected chi connectivity index (χ2v) is 6.57. The highest BCUT2D eigenvalue weighted by molar-refractivity contribution is 5.77. The molecule has 2 aromatic rings. The molecule has 0 aliphatic carbocycles. The molecule has 104 valence electrons. The summed E-state index contributed by atoms with van der Waals surface area (Å²) in [6.45, 7) is 10.9. The summed E-state index contributed by atoms with van der Waals surface area (Å²) in [6.07, 6.45) is 0. The largest absolute Gasteiger partial charge is 0.327 e. The average molecular weight is 259 g/mol. The van der Waals surface area contributed by atoms with Gasteiger partial charge in [0, 0.05) is 13.1 Å². The maximum Gasteiger partial charge on any atom is 0.106 e. The van der Waals surface area contributed by atoms with Crippen molar-refractivity contribution in [3.05, 3.63) is 29.6 Å². The first-order valence-corrected chi connectivity index (χ1v) is 6.91. The lowest BCUT2D eigenvalue weighted by molar-refractivity contribution is 0.384. The number of fused-ring (bicyclic) bond motifs is 1. The number of likely N-dealkylation sites (N-methyl/N-ethyl adjacent to an activating group) is 1. The van der Waals surface area contributed by atoms with Crippen molar-refractivity contribution in [1.29, 1.82) is 0 Å². The third-order valence-corrected chi connectivity index (χ3v) is 3.58. The van der Waals surface area contributed by atoms with Crippen molar-refractivity contribution in [2.24, 2.45) is 0 Å². The smallest absolute Gasteiger partial charge is 0.106 e. The first kappa shape index (κ1) is 14.1. The molecule has 0 aliphatic rings. The number of nitrogens with zero attached hydrogens (tertiary/aromatic N) is 3. The molecule has 0 aliphatic heterocycles. The lowest BCUT2D eigenvalue weighted by atomic mass is 9.87. The molecule has 0 fully saturated rings. The minimum Gasteiger partial charge on any atom is -0.327 e. The molecule has 0 N–H and O–H groups in total. The van der Waals surface area contributed by atoms with Crippen LogP contribution in [0.4, 0.5) is 0 Å². The normalized spacial score (nSPS) is 12.6. The Morgan fingerprint density at radius 1 is 1.21 bits per heavy atom. The molecule has 1 aromatic carbocycles. The average Bonchev–Trinajstić information content (AvgIpc) is 2.59. The molecule has 0 saturated heterocycles. The van der Waals surface area contributed by atoms with Crippen LogP contribution in [0.25, 0.3) is 11.0 Å². The van der Waals surface area contributed by atoms with Crippen LogP contribution in [-0.2, 0) is 12.0 Å². The highest BCUT2D eigenvalue weighted by Crippen LogP contribution is 2.26. The topological polar surface area (TPSA) is 21.1 Å². The molecule has 1 aromatic heterocycles. The van der Waals surface area contributed by atoms with Gasteiger partial charge in [-0.2, -0.15) is 0 Å². The van der Waals surface area contributed by atoms with Crippen LogP contribution in [0, 0.1) is 6.92 Å². The van der Waals surface area contributed by atoms with E-state index in [2.05, 4.69) is 74.4 Å². The van der Waals surface area contributed by atoms with Crippen LogP contribution in [0.3, 0.4) is 0 Å². The van der Waals surface area contributed by atoms with E-state index >= 15 is 0 Å². The lowest BCUT2D eigenvalue weighted by Gasteiger charge is -2.19. The summed E-state index contributed by atoms with van der Waals surface area (Å²) in [7, 11) is 4.21. The number of imidazole rings is 1. The number of benzene rings is 1. The summed E-state index contributed by atoms with van der Waals surface area (Å²) in [5.41, 5.74) is 3.90. The van der Waals surface area contributed by atoms with Gasteiger partial charge in [-0.3, -0.25) is 0 Å². The van der Waals surface area contributed by atoms with Crippen LogP contribution >= 0.6 is 0 Å². The SMILES string of the molecule is Cc1nc2ccc(C(C)(C)C)cc2n1CCN(C)C. The molecule has 0 radical (unpaired) electrons. The fraction of sp³-hybridized carbons (Fsp3) is 0.562. The summed E-state index contributed by atoms with van der Waals surface area (Å²) in [4.78, 5) is 6.87. The van der Waals surface area contributed by atoms with E-state index in [1.54, 1.807) is 0 Å². The molecule has 1 heterocycles. The third-order valence-electron chi connectivity index (χ3n) is 3.58. The molecule has 3 nitrogen and oxygen atoms in total. The highest BCUT2D eigenvalue weighted by atomic mass is 15.1. The Bertz CT molecular complexity index is 573. The molecule has 0 bridgehead atoms. The van der Waals surface area contributed by atoms with Gasteiger partial charge in [0.25, 0.3) is 0 Å². The summed E-state index contributed by atoms with van der Waals surface area (Å²) >= 11 is 0. The molecular formula is C16H25N3. The molecule has 0 atom stereocenters. The summed E-state index contributed by atoms with van der Waals surface area (Å²) < 4.78 is 2.32. The van der Waals surface area contributed by atoms with E-state index in [0.717, 1.165) is 24.4 Å². The van der Waals surface area contributed by atoms with E-state index in [4.69, 9.17) is 0 Å². The fourth-order valence-corrected chi connectivity index (χ4v) is 2.29. The highest BCUT2D eigenvalue weighted by Gasteiger charge is 2.16. The molecule has 0 spiro atoms. The van der Waals surface area contributed by atoms with Crippen LogP contribution in [0.2, 0.25) is 0 Å². The van der Waals surface area contributed by atoms with Crippen molar-refractivity contribution in [2.75, 3.05) is 20.6 Å². The molecule has 0 saturated carbocycles. The standard InChI is InChI=1S/C16H25N3/c1-12-17-14-8-7-13(16(2,3)4)11-15(14)19(12)10-9-18(5)6/h7-8,11H,9-10H2,1-6H3. The Balaban J connectivity index is 2.47. The maximum absolute atomic E-state index is 4.66. The van der Waals surface area contributed by atoms with Crippen LogP contribution in [-0.4, -0.2) is 35.1 Å². The fourth-order valence-electron chi connectivity index (χ4n) is 2.29. The van der Waals surface area contributed by atoms with E-state index in [1.807, 2.05) is 0 Å². The Morgan fingerprint density at radius 3 is 2.47 bits per heavy atom. The zero-order valence-corrected chi connectivity index (χ0v) is 13.0. The van der Waals surface area contributed by atoms with E-state index < -0.39 is 0 Å². The van der Waals surface area contributed by atoms with Crippen molar-refractivity contribution >= 4 is 11.0 Å². The predicted molar refractivity (Wildman–Crippen MR) is 81.7 cm³/mol. The molecule has 19 heavy (non-hydrogen) atoms. The van der Waals surface area contributed by atoms with Crippen molar-refractivity contribution in [2.45, 2.75) is 39.7 Å². The van der Waals surface area contributed by atoms with E-state index in [0.29, 0.717) is 0 Å². The second kappa shape index (κ2) is 4.97. The van der Waals surface area contributed by atoms with Crippen molar-refractivity contribution in [3.63, 3.8) is 0 Å². The Hall–Kier alpha value is -1.35. The predicted octanol–water partition coefficient (Wildman–Crippen LogP) is 3.20. The Kier molecular flexibility index (Phi) is 3.68. The van der Waals surface area contributed by atoms with Gasteiger partial charge in [0.15, 0.2) is 0 Å². The minimum absolute atomic E-state index is 0.179. The number of aryl methyl sites for hydroxylation is 1. The zero-order valence-electron chi connectivity index (χ0n) is 13.0. The second-order valence-electron chi connectivity index (χ2n) is 6.57. The number of aromatic nitrogens is 2. The van der Waals surface area contributed by atoms with Gasteiger partial charge in [-0.1, -0.05) is 26.8 Å². The first-order valence-electron chi connectivity index (χ1n) is 6.91. The molecular weight excluding hydrogens is 234 g/mol. The van der Waals surface area contributed by atoms with Gasteiger partial charge in [-0.25, -0.2) is 4.98 Å². The number of hydrogen-bond acceptors (Lipinski definition) is 2. The van der Waals surface area contributed by atoms with Gasteiger partial charge < -0.3 is 9.47 Å². The van der Waals surface area contributed by atoms with Crippen LogP contribution < -0.4 is 0 Å². The van der Waals surface area contributed by atoms with Crippen molar-refractivity contribution in [1.82, 2.24) is 14.5 Å². The van der Waals surface area contributed by atoms with Crippen molar-refractivity contribution < 1.29 is 0 Å². The lowest BCUT2D eigenvalue weighted by Crippen LogP contribution is -2.19. The van der Waals surface area contributed by atoms with Crippen LogP contribution in [0.1, 0.15) is 32.2 Å². The maximum atomic E-state index is 4.66. The van der Waals surface area contributed by atoms with Gasteiger partial charge in [-0.05, 0) is 44.1 Å². The van der Waals surface area contributed by atoms with Gasteiger partial charge in [-0.15, -0.1) is 0 Å². The van der Waals surface area contributed by atoms with Gasteiger partial charge >= 0.3 is 0 Å². The van der Waals surface area contributed by atoms with Crippen LogP contribution in [0.15, 0.2) is 18.2 Å². The molecule has 0 amide bonds.